The summed E-state index contributed by atoms with van der Waals surface area (Å²) in [7, 11) is 0. The summed E-state index contributed by atoms with van der Waals surface area (Å²) >= 11 is 0. The fraction of sp³-hybridized carbons (Fsp3) is 0.158. The van der Waals surface area contributed by atoms with Gasteiger partial charge < -0.3 is 20.1 Å². The molecule has 0 aliphatic carbocycles. The fourth-order valence-corrected chi connectivity index (χ4v) is 2.92. The van der Waals surface area contributed by atoms with Crippen LogP contribution in [0.25, 0.3) is 0 Å². The van der Waals surface area contributed by atoms with E-state index in [4.69, 9.17) is 9.47 Å². The molecule has 1 aliphatic heterocycles. The lowest BCUT2D eigenvalue weighted by Gasteiger charge is -2.12. The summed E-state index contributed by atoms with van der Waals surface area (Å²) in [6.07, 6.45) is 2.06. The van der Waals surface area contributed by atoms with Gasteiger partial charge in [-0.3, -0.25) is 10.1 Å². The van der Waals surface area contributed by atoms with Crippen LogP contribution in [0.15, 0.2) is 48.8 Å². The lowest BCUT2D eigenvalue weighted by molar-refractivity contribution is -0.383. The molecule has 0 bridgehead atoms. The number of anilines is 4. The van der Waals surface area contributed by atoms with Crippen molar-refractivity contribution in [3.63, 3.8) is 0 Å². The van der Waals surface area contributed by atoms with Crippen LogP contribution in [0.4, 0.5) is 28.7 Å². The van der Waals surface area contributed by atoms with E-state index in [0.717, 1.165) is 17.7 Å². The topological polar surface area (TPSA) is 111 Å². The normalized spacial score (nSPS) is 11.9. The van der Waals surface area contributed by atoms with Crippen molar-refractivity contribution in [2.45, 2.75) is 13.3 Å². The van der Waals surface area contributed by atoms with Gasteiger partial charge in [0.05, 0.1) is 4.92 Å². The largest absolute Gasteiger partial charge is 0.454 e. The van der Waals surface area contributed by atoms with Crippen molar-refractivity contribution in [2.75, 3.05) is 17.4 Å². The highest BCUT2D eigenvalue weighted by molar-refractivity contribution is 5.78. The molecule has 9 heteroatoms. The van der Waals surface area contributed by atoms with Crippen LogP contribution in [-0.4, -0.2) is 21.7 Å². The number of ether oxygens (including phenoxy) is 2. The van der Waals surface area contributed by atoms with Crippen molar-refractivity contribution in [1.29, 1.82) is 0 Å². The highest BCUT2D eigenvalue weighted by atomic mass is 16.7. The summed E-state index contributed by atoms with van der Waals surface area (Å²) in [5.74, 6) is 1.39. The van der Waals surface area contributed by atoms with Gasteiger partial charge in [0, 0.05) is 17.4 Å². The molecule has 3 aromatic rings. The molecule has 2 N–H and O–H groups in total. The minimum atomic E-state index is -0.508. The molecule has 0 atom stereocenters. The third kappa shape index (κ3) is 3.37. The zero-order chi connectivity index (χ0) is 19.5. The van der Waals surface area contributed by atoms with E-state index in [1.54, 1.807) is 18.2 Å². The second-order valence-corrected chi connectivity index (χ2v) is 6.01. The number of fused-ring (bicyclic) bond motifs is 1. The van der Waals surface area contributed by atoms with E-state index in [1.807, 2.05) is 31.2 Å². The lowest BCUT2D eigenvalue weighted by atomic mass is 10.1. The highest BCUT2D eigenvalue weighted by Gasteiger charge is 2.24. The molecule has 0 saturated carbocycles. The maximum atomic E-state index is 11.8. The van der Waals surface area contributed by atoms with Crippen molar-refractivity contribution in [3.8, 4) is 11.5 Å². The first-order chi connectivity index (χ1) is 13.7. The Hall–Kier alpha value is -3.88. The molecule has 142 valence electrons. The first kappa shape index (κ1) is 17.5. The van der Waals surface area contributed by atoms with Crippen LogP contribution < -0.4 is 20.1 Å². The molecule has 0 radical (unpaired) electrons. The Kier molecular flexibility index (Phi) is 4.63. The Labute approximate surface area is 160 Å². The van der Waals surface area contributed by atoms with E-state index in [1.165, 1.54) is 6.33 Å². The number of nitro groups is 1. The molecule has 1 aromatic heterocycles. The van der Waals surface area contributed by atoms with Crippen molar-refractivity contribution in [1.82, 2.24) is 9.97 Å². The summed E-state index contributed by atoms with van der Waals surface area (Å²) in [6.45, 7) is 2.17. The molecule has 2 aromatic carbocycles. The SMILES string of the molecule is CCc1ccccc1Nc1ncnc(Nc2ccc3c(c2)OCO3)c1[N+](=O)[O-]. The highest BCUT2D eigenvalue weighted by Crippen LogP contribution is 2.37. The molecule has 0 fully saturated rings. The Morgan fingerprint density at radius 2 is 1.82 bits per heavy atom. The summed E-state index contributed by atoms with van der Waals surface area (Å²) in [6, 6.07) is 12.8. The van der Waals surface area contributed by atoms with Gasteiger partial charge in [0.2, 0.25) is 18.4 Å². The van der Waals surface area contributed by atoms with E-state index in [2.05, 4.69) is 20.6 Å². The Morgan fingerprint density at radius 1 is 1.07 bits per heavy atom. The number of para-hydroxylation sites is 1. The first-order valence-corrected chi connectivity index (χ1v) is 8.66. The number of aryl methyl sites for hydroxylation is 1. The number of rotatable bonds is 6. The third-order valence-corrected chi connectivity index (χ3v) is 4.29. The smallest absolute Gasteiger partial charge is 0.353 e. The molecular weight excluding hydrogens is 362 g/mol. The van der Waals surface area contributed by atoms with Gasteiger partial charge in [-0.15, -0.1) is 0 Å². The summed E-state index contributed by atoms with van der Waals surface area (Å²) in [5.41, 5.74) is 2.14. The number of hydrogen-bond donors (Lipinski definition) is 2. The van der Waals surface area contributed by atoms with Crippen LogP contribution in [0.5, 0.6) is 11.5 Å². The lowest BCUT2D eigenvalue weighted by Crippen LogP contribution is -2.06. The zero-order valence-electron chi connectivity index (χ0n) is 15.0. The van der Waals surface area contributed by atoms with E-state index in [9.17, 15) is 10.1 Å². The molecule has 28 heavy (non-hydrogen) atoms. The van der Waals surface area contributed by atoms with E-state index >= 15 is 0 Å². The third-order valence-electron chi connectivity index (χ3n) is 4.29. The Bertz CT molecular complexity index is 1040. The van der Waals surface area contributed by atoms with Crippen molar-refractivity contribution < 1.29 is 14.4 Å². The Balaban J connectivity index is 1.68. The standard InChI is InChI=1S/C19H17N5O4/c1-2-12-5-3-4-6-14(12)23-19-17(24(25)26)18(20-10-21-19)22-13-7-8-15-16(9-13)28-11-27-15/h3-10H,2,11H2,1H3,(H2,20,21,22,23). The molecule has 4 rings (SSSR count). The second kappa shape index (κ2) is 7.39. The predicted octanol–water partition coefficient (Wildman–Crippen LogP) is 4.16. The summed E-state index contributed by atoms with van der Waals surface area (Å²) in [5, 5.41) is 17.8. The van der Waals surface area contributed by atoms with Gasteiger partial charge in [-0.1, -0.05) is 25.1 Å². The average molecular weight is 379 g/mol. The number of nitrogens with zero attached hydrogens (tertiary/aromatic N) is 3. The minimum Gasteiger partial charge on any atom is -0.454 e. The predicted molar refractivity (Wildman–Crippen MR) is 104 cm³/mol. The number of aromatic nitrogens is 2. The van der Waals surface area contributed by atoms with Gasteiger partial charge in [0.25, 0.3) is 0 Å². The number of nitrogens with one attached hydrogen (secondary N) is 2. The van der Waals surface area contributed by atoms with E-state index in [-0.39, 0.29) is 24.1 Å². The fourth-order valence-electron chi connectivity index (χ4n) is 2.92. The molecule has 0 saturated heterocycles. The van der Waals surface area contributed by atoms with Gasteiger partial charge in [-0.05, 0) is 30.2 Å². The molecule has 0 spiro atoms. The van der Waals surface area contributed by atoms with Crippen LogP contribution in [0.2, 0.25) is 0 Å². The maximum Gasteiger partial charge on any atom is 0.353 e. The van der Waals surface area contributed by atoms with Crippen LogP contribution in [0.3, 0.4) is 0 Å². The quantitative estimate of drug-likeness (QED) is 0.485. The first-order valence-electron chi connectivity index (χ1n) is 8.66. The minimum absolute atomic E-state index is 0.0790. The molecule has 9 nitrogen and oxygen atoms in total. The van der Waals surface area contributed by atoms with Crippen LogP contribution in [-0.2, 0) is 6.42 Å². The van der Waals surface area contributed by atoms with Gasteiger partial charge >= 0.3 is 5.69 Å². The maximum absolute atomic E-state index is 11.8. The molecule has 2 heterocycles. The Morgan fingerprint density at radius 3 is 2.61 bits per heavy atom. The van der Waals surface area contributed by atoms with Gasteiger partial charge in [0.15, 0.2) is 11.5 Å². The van der Waals surface area contributed by atoms with Crippen molar-refractivity contribution in [2.24, 2.45) is 0 Å². The number of hydrogen-bond acceptors (Lipinski definition) is 8. The molecular formula is C19H17N5O4. The van der Waals surface area contributed by atoms with Crippen LogP contribution in [0.1, 0.15) is 12.5 Å². The van der Waals surface area contributed by atoms with Crippen molar-refractivity contribution >= 4 is 28.7 Å². The van der Waals surface area contributed by atoms with E-state index in [0.29, 0.717) is 17.2 Å². The second-order valence-electron chi connectivity index (χ2n) is 6.01. The number of benzene rings is 2. The summed E-state index contributed by atoms with van der Waals surface area (Å²) in [4.78, 5) is 19.4. The van der Waals surface area contributed by atoms with Gasteiger partial charge in [-0.25, -0.2) is 9.97 Å². The average Bonchev–Trinajstić information content (AvgIpc) is 3.16. The van der Waals surface area contributed by atoms with Crippen LogP contribution in [0, 0.1) is 10.1 Å². The monoisotopic (exact) mass is 379 g/mol. The van der Waals surface area contributed by atoms with Crippen molar-refractivity contribution in [3.05, 3.63) is 64.5 Å². The molecule has 0 amide bonds. The van der Waals surface area contributed by atoms with E-state index < -0.39 is 4.92 Å². The van der Waals surface area contributed by atoms with Gasteiger partial charge in [-0.2, -0.15) is 0 Å². The molecule has 1 aliphatic rings. The van der Waals surface area contributed by atoms with Gasteiger partial charge in [0.1, 0.15) is 6.33 Å². The zero-order valence-corrected chi connectivity index (χ0v) is 15.0. The molecule has 0 unspecified atom stereocenters. The van der Waals surface area contributed by atoms with Crippen LogP contribution >= 0.6 is 0 Å². The summed E-state index contributed by atoms with van der Waals surface area (Å²) < 4.78 is 10.6.